The van der Waals surface area contributed by atoms with Gasteiger partial charge in [-0.2, -0.15) is 0 Å². The molecule has 7 heteroatoms. The first-order valence-corrected chi connectivity index (χ1v) is 9.84. The quantitative estimate of drug-likeness (QED) is 0.761. The third-order valence-electron chi connectivity index (χ3n) is 5.44. The van der Waals surface area contributed by atoms with Crippen LogP contribution in [0.15, 0.2) is 35.7 Å². The molecular weight excluding hydrogens is 364 g/mol. The largest absolute Gasteiger partial charge is 0.479 e. The fourth-order valence-corrected chi connectivity index (χ4v) is 4.37. The molecule has 0 aliphatic heterocycles. The van der Waals surface area contributed by atoms with Gasteiger partial charge in [0, 0.05) is 30.2 Å². The van der Waals surface area contributed by atoms with Crippen molar-refractivity contribution in [3.63, 3.8) is 0 Å². The topological polar surface area (TPSA) is 88.5 Å². The lowest BCUT2D eigenvalue weighted by atomic mass is 9.54. The Hall–Kier alpha value is -2.25. The van der Waals surface area contributed by atoms with Crippen LogP contribution < -0.4 is 5.32 Å². The highest BCUT2D eigenvalue weighted by Crippen LogP contribution is 2.51. The van der Waals surface area contributed by atoms with Crippen LogP contribution in [0, 0.1) is 5.41 Å². The second kappa shape index (κ2) is 7.40. The van der Waals surface area contributed by atoms with Gasteiger partial charge in [-0.25, -0.2) is 9.78 Å². The molecular formula is C20H24N2O4S. The summed E-state index contributed by atoms with van der Waals surface area (Å²) in [5.41, 5.74) is -0.705. The number of thiazole rings is 1. The second-order valence-electron chi connectivity index (χ2n) is 7.32. The lowest BCUT2D eigenvalue weighted by Crippen LogP contribution is -2.76. The third-order valence-corrected chi connectivity index (χ3v) is 6.29. The maximum Gasteiger partial charge on any atom is 0.330 e. The van der Waals surface area contributed by atoms with E-state index in [2.05, 4.69) is 10.3 Å². The number of rotatable bonds is 7. The van der Waals surface area contributed by atoms with Gasteiger partial charge in [-0.3, -0.25) is 4.79 Å². The third kappa shape index (κ3) is 3.49. The Morgan fingerprint density at radius 1 is 1.33 bits per heavy atom. The number of carbonyl (C=O) groups is 2. The molecule has 2 aromatic rings. The summed E-state index contributed by atoms with van der Waals surface area (Å²) in [6.45, 7) is 6.01. The minimum absolute atomic E-state index is 0.206. The van der Waals surface area contributed by atoms with E-state index in [1.165, 1.54) is 11.3 Å². The molecule has 1 aromatic heterocycles. The Balaban J connectivity index is 1.73. The number of hydrogen-bond donors (Lipinski definition) is 2. The number of ether oxygens (including phenoxy) is 1. The lowest BCUT2D eigenvalue weighted by Gasteiger charge is -2.58. The zero-order valence-corrected chi connectivity index (χ0v) is 16.5. The Bertz CT molecular complexity index is 834. The Morgan fingerprint density at radius 2 is 2.04 bits per heavy atom. The predicted molar refractivity (Wildman–Crippen MR) is 103 cm³/mol. The van der Waals surface area contributed by atoms with E-state index in [1.54, 1.807) is 5.38 Å². The average molecular weight is 388 g/mol. The minimum atomic E-state index is -1.35. The average Bonchev–Trinajstić information content (AvgIpc) is 3.09. The summed E-state index contributed by atoms with van der Waals surface area (Å²) in [5, 5.41) is 15.0. The molecule has 1 aliphatic carbocycles. The molecule has 2 unspecified atom stereocenters. The molecule has 0 radical (unpaired) electrons. The van der Waals surface area contributed by atoms with Gasteiger partial charge in [-0.05, 0) is 12.5 Å². The molecule has 3 rings (SSSR count). The van der Waals surface area contributed by atoms with Crippen molar-refractivity contribution >= 4 is 23.2 Å². The van der Waals surface area contributed by atoms with Crippen molar-refractivity contribution < 1.29 is 19.4 Å². The number of benzene rings is 1. The number of nitrogens with zero attached hydrogens (tertiary/aromatic N) is 1. The Labute approximate surface area is 162 Å². The van der Waals surface area contributed by atoms with E-state index >= 15 is 0 Å². The fraction of sp³-hybridized carbons (Fsp3) is 0.450. The second-order valence-corrected chi connectivity index (χ2v) is 8.27. The minimum Gasteiger partial charge on any atom is -0.479 e. The van der Waals surface area contributed by atoms with Crippen LogP contribution in [-0.2, 0) is 16.0 Å². The zero-order chi connectivity index (χ0) is 19.7. The summed E-state index contributed by atoms with van der Waals surface area (Å²) in [5.74, 6) is -1.51. The number of aromatic nitrogens is 1. The summed E-state index contributed by atoms with van der Waals surface area (Å²) < 4.78 is 5.63. The van der Waals surface area contributed by atoms with Gasteiger partial charge in [0.2, 0.25) is 0 Å². The molecule has 0 bridgehead atoms. The van der Waals surface area contributed by atoms with Gasteiger partial charge in [0.05, 0.1) is 11.1 Å². The number of carboxylic acid groups (broad SMARTS) is 1. The highest BCUT2D eigenvalue weighted by Gasteiger charge is 2.66. The smallest absolute Gasteiger partial charge is 0.330 e. The number of aliphatic carboxylic acids is 1. The van der Waals surface area contributed by atoms with Gasteiger partial charge in [-0.1, -0.05) is 44.2 Å². The Kier molecular flexibility index (Phi) is 5.35. The van der Waals surface area contributed by atoms with Crippen LogP contribution in [0.5, 0.6) is 0 Å². The first-order valence-electron chi connectivity index (χ1n) is 8.96. The van der Waals surface area contributed by atoms with Crippen LogP contribution in [0.3, 0.4) is 0 Å². The summed E-state index contributed by atoms with van der Waals surface area (Å²) in [6, 6.07) is 9.88. The van der Waals surface area contributed by atoms with Crippen molar-refractivity contribution in [1.29, 1.82) is 0 Å². The Morgan fingerprint density at radius 3 is 2.63 bits per heavy atom. The maximum atomic E-state index is 12.7. The van der Waals surface area contributed by atoms with E-state index in [4.69, 9.17) is 4.74 Å². The van der Waals surface area contributed by atoms with Crippen molar-refractivity contribution in [2.45, 2.75) is 45.3 Å². The number of carbonyl (C=O) groups excluding carboxylic acids is 1. The zero-order valence-electron chi connectivity index (χ0n) is 15.7. The summed E-state index contributed by atoms with van der Waals surface area (Å²) >= 11 is 1.40. The first-order chi connectivity index (χ1) is 12.8. The molecule has 1 amide bonds. The molecule has 2 N–H and O–H groups in total. The van der Waals surface area contributed by atoms with Gasteiger partial charge in [0.1, 0.15) is 11.2 Å². The molecule has 1 aliphatic rings. The van der Waals surface area contributed by atoms with Crippen molar-refractivity contribution in [3.05, 3.63) is 52.0 Å². The monoisotopic (exact) mass is 388 g/mol. The number of carboxylic acids is 1. The highest BCUT2D eigenvalue weighted by molar-refractivity contribution is 7.09. The first kappa shape index (κ1) is 19.5. The molecule has 2 atom stereocenters. The van der Waals surface area contributed by atoms with Crippen LogP contribution in [0.4, 0.5) is 0 Å². The van der Waals surface area contributed by atoms with Crippen molar-refractivity contribution in [3.8, 4) is 0 Å². The van der Waals surface area contributed by atoms with Gasteiger partial charge in [0.15, 0.2) is 0 Å². The summed E-state index contributed by atoms with van der Waals surface area (Å²) in [7, 11) is 0. The number of hydrogen-bond acceptors (Lipinski definition) is 5. The van der Waals surface area contributed by atoms with Gasteiger partial charge in [0.25, 0.3) is 5.91 Å². The van der Waals surface area contributed by atoms with E-state index in [0.29, 0.717) is 13.0 Å². The van der Waals surface area contributed by atoms with Gasteiger partial charge >= 0.3 is 5.97 Å². The normalized spacial score (nSPS) is 23.4. The van der Waals surface area contributed by atoms with Crippen molar-refractivity contribution in [2.24, 2.45) is 5.41 Å². The molecule has 144 valence electrons. The molecule has 6 nitrogen and oxygen atoms in total. The SMILES string of the molecule is CCOC1CC(NC(=O)c2csc(Cc3ccccc3)n2)(C(=O)O)C1(C)C. The molecule has 0 saturated heterocycles. The van der Waals surface area contributed by atoms with E-state index in [-0.39, 0.29) is 18.2 Å². The van der Waals surface area contributed by atoms with Crippen LogP contribution in [-0.4, -0.2) is 40.2 Å². The fourth-order valence-electron chi connectivity index (χ4n) is 3.56. The predicted octanol–water partition coefficient (Wildman–Crippen LogP) is 3.12. The van der Waals surface area contributed by atoms with E-state index in [9.17, 15) is 14.7 Å². The standard InChI is InChI=1S/C20H24N2O4S/c1-4-26-15-11-20(18(24)25,19(15,2)3)22-17(23)14-12-27-16(21-14)10-13-8-6-5-7-9-13/h5-9,12,15H,4,10-11H2,1-3H3,(H,22,23)(H,24,25). The maximum absolute atomic E-state index is 12.7. The van der Waals surface area contributed by atoms with Gasteiger partial charge in [-0.15, -0.1) is 11.3 Å². The highest BCUT2D eigenvalue weighted by atomic mass is 32.1. The van der Waals surface area contributed by atoms with Crippen LogP contribution in [0.25, 0.3) is 0 Å². The molecule has 1 fully saturated rings. The van der Waals surface area contributed by atoms with Crippen molar-refractivity contribution in [2.75, 3.05) is 6.61 Å². The number of nitrogens with one attached hydrogen (secondary N) is 1. The number of amides is 1. The van der Waals surface area contributed by atoms with E-state index in [1.807, 2.05) is 51.1 Å². The summed E-state index contributed by atoms with van der Waals surface area (Å²) in [6.07, 6.45) is 0.680. The molecule has 27 heavy (non-hydrogen) atoms. The van der Waals surface area contributed by atoms with Crippen LogP contribution >= 0.6 is 11.3 Å². The molecule has 1 heterocycles. The van der Waals surface area contributed by atoms with E-state index < -0.39 is 22.8 Å². The van der Waals surface area contributed by atoms with E-state index in [0.717, 1.165) is 10.6 Å². The lowest BCUT2D eigenvalue weighted by molar-refractivity contribution is -0.190. The van der Waals surface area contributed by atoms with Crippen LogP contribution in [0.2, 0.25) is 0 Å². The van der Waals surface area contributed by atoms with Crippen LogP contribution in [0.1, 0.15) is 48.3 Å². The molecule has 1 aromatic carbocycles. The summed E-state index contributed by atoms with van der Waals surface area (Å²) in [4.78, 5) is 29.1. The molecule has 0 spiro atoms. The molecule has 1 saturated carbocycles. The van der Waals surface area contributed by atoms with Gasteiger partial charge < -0.3 is 15.2 Å². The van der Waals surface area contributed by atoms with Crippen molar-refractivity contribution in [1.82, 2.24) is 10.3 Å².